The summed E-state index contributed by atoms with van der Waals surface area (Å²) in [7, 11) is 0. The van der Waals surface area contributed by atoms with Gasteiger partial charge in [-0.25, -0.2) is 0 Å². The van der Waals surface area contributed by atoms with Crippen molar-refractivity contribution < 1.29 is 0 Å². The van der Waals surface area contributed by atoms with Gasteiger partial charge in [-0.2, -0.15) is 0 Å². The Hall–Kier alpha value is -1.39. The van der Waals surface area contributed by atoms with Gasteiger partial charge in [-0.15, -0.1) is 11.8 Å². The van der Waals surface area contributed by atoms with Crippen LogP contribution >= 0.6 is 11.8 Å². The fraction of sp³-hybridized carbons (Fsp3) is 0.333. The predicted molar refractivity (Wildman–Crippen MR) is 80.4 cm³/mol. The van der Waals surface area contributed by atoms with Crippen LogP contribution in [0.2, 0.25) is 0 Å². The van der Waals surface area contributed by atoms with E-state index in [-0.39, 0.29) is 6.04 Å². The minimum Gasteiger partial charge on any atom is -0.308 e. The number of aryl methyl sites for hydroxylation is 1. The van der Waals surface area contributed by atoms with E-state index in [1.807, 2.05) is 18.0 Å². The second-order valence-corrected chi connectivity index (χ2v) is 5.38. The molecular weight excluding hydrogens is 254 g/mol. The van der Waals surface area contributed by atoms with Crippen LogP contribution in [-0.4, -0.2) is 22.3 Å². The molecule has 1 atom stereocenters. The lowest BCUT2D eigenvalue weighted by molar-refractivity contribution is 0.588. The quantitative estimate of drug-likeness (QED) is 0.820. The predicted octanol–water partition coefficient (Wildman–Crippen LogP) is 3.23. The van der Waals surface area contributed by atoms with E-state index in [2.05, 4.69) is 53.4 Å². The van der Waals surface area contributed by atoms with Crippen LogP contribution in [0.5, 0.6) is 0 Å². The van der Waals surface area contributed by atoms with Gasteiger partial charge in [-0.05, 0) is 25.1 Å². The van der Waals surface area contributed by atoms with Crippen molar-refractivity contribution in [1.29, 1.82) is 0 Å². The molecule has 1 heterocycles. The summed E-state index contributed by atoms with van der Waals surface area (Å²) in [6, 6.07) is 8.71. The van der Waals surface area contributed by atoms with Crippen LogP contribution in [0, 0.1) is 6.92 Å². The Morgan fingerprint density at radius 1 is 1.26 bits per heavy atom. The molecule has 1 aromatic carbocycles. The molecule has 4 heteroatoms. The Morgan fingerprint density at radius 3 is 2.79 bits per heavy atom. The minimum absolute atomic E-state index is 0.239. The summed E-state index contributed by atoms with van der Waals surface area (Å²) < 4.78 is 0. The molecule has 1 aromatic heterocycles. The van der Waals surface area contributed by atoms with Gasteiger partial charge in [0.2, 0.25) is 0 Å². The molecule has 0 saturated carbocycles. The molecule has 2 aromatic rings. The first-order valence-electron chi connectivity index (χ1n) is 6.49. The largest absolute Gasteiger partial charge is 0.308 e. The second kappa shape index (κ2) is 7.26. The van der Waals surface area contributed by atoms with Crippen LogP contribution in [0.15, 0.2) is 47.8 Å². The highest BCUT2D eigenvalue weighted by molar-refractivity contribution is 7.99. The maximum Gasteiger partial charge on any atom is 0.0764 e. The van der Waals surface area contributed by atoms with Crippen LogP contribution in [0.1, 0.15) is 24.2 Å². The highest BCUT2D eigenvalue weighted by Crippen LogP contribution is 2.26. The summed E-state index contributed by atoms with van der Waals surface area (Å²) in [4.78, 5) is 9.87. The summed E-state index contributed by atoms with van der Waals surface area (Å²) in [5.41, 5.74) is 2.33. The molecule has 2 rings (SSSR count). The fourth-order valence-corrected chi connectivity index (χ4v) is 2.98. The molecule has 0 aliphatic rings. The van der Waals surface area contributed by atoms with Crippen molar-refractivity contribution in [2.75, 3.05) is 12.3 Å². The van der Waals surface area contributed by atoms with Crippen molar-refractivity contribution in [2.45, 2.75) is 24.8 Å². The van der Waals surface area contributed by atoms with Gasteiger partial charge in [0.1, 0.15) is 0 Å². The van der Waals surface area contributed by atoms with Crippen molar-refractivity contribution in [3.05, 3.63) is 54.1 Å². The molecule has 0 saturated heterocycles. The third-order valence-electron chi connectivity index (χ3n) is 2.89. The standard InChI is InChI=1S/C15H19N3S/c1-3-17-14(13-10-16-8-9-18-13)11-19-15-7-5-4-6-12(15)2/h4-10,14,17H,3,11H2,1-2H3. The normalized spacial score (nSPS) is 12.3. The van der Waals surface area contributed by atoms with Crippen LogP contribution in [-0.2, 0) is 0 Å². The number of hydrogen-bond donors (Lipinski definition) is 1. The van der Waals surface area contributed by atoms with E-state index in [1.165, 1.54) is 10.5 Å². The average molecular weight is 273 g/mol. The molecule has 0 bridgehead atoms. The molecule has 1 unspecified atom stereocenters. The molecule has 0 radical (unpaired) electrons. The van der Waals surface area contributed by atoms with E-state index in [0.29, 0.717) is 0 Å². The molecule has 3 nitrogen and oxygen atoms in total. The van der Waals surface area contributed by atoms with Crippen molar-refractivity contribution in [2.24, 2.45) is 0 Å². The molecule has 19 heavy (non-hydrogen) atoms. The number of nitrogens with zero attached hydrogens (tertiary/aromatic N) is 2. The zero-order chi connectivity index (χ0) is 13.5. The third kappa shape index (κ3) is 4.04. The van der Waals surface area contributed by atoms with E-state index in [9.17, 15) is 0 Å². The number of hydrogen-bond acceptors (Lipinski definition) is 4. The summed E-state index contributed by atoms with van der Waals surface area (Å²) in [5, 5.41) is 3.47. The summed E-state index contributed by atoms with van der Waals surface area (Å²) in [5.74, 6) is 0.956. The molecular formula is C15H19N3S. The minimum atomic E-state index is 0.239. The Kier molecular flexibility index (Phi) is 5.36. The number of rotatable bonds is 6. The zero-order valence-electron chi connectivity index (χ0n) is 11.3. The summed E-state index contributed by atoms with van der Waals surface area (Å²) >= 11 is 1.86. The second-order valence-electron chi connectivity index (χ2n) is 4.32. The summed E-state index contributed by atoms with van der Waals surface area (Å²) in [6.07, 6.45) is 5.30. The van der Waals surface area contributed by atoms with Crippen LogP contribution in [0.3, 0.4) is 0 Å². The molecule has 1 N–H and O–H groups in total. The van der Waals surface area contributed by atoms with E-state index in [4.69, 9.17) is 0 Å². The lowest BCUT2D eigenvalue weighted by atomic mass is 10.2. The van der Waals surface area contributed by atoms with Gasteiger partial charge in [0.25, 0.3) is 0 Å². The molecule has 0 amide bonds. The van der Waals surface area contributed by atoms with Crippen LogP contribution in [0.4, 0.5) is 0 Å². The van der Waals surface area contributed by atoms with Gasteiger partial charge < -0.3 is 5.32 Å². The molecule has 0 fully saturated rings. The number of benzene rings is 1. The van der Waals surface area contributed by atoms with Crippen molar-refractivity contribution >= 4 is 11.8 Å². The smallest absolute Gasteiger partial charge is 0.0764 e. The molecule has 100 valence electrons. The molecule has 0 aliphatic heterocycles. The number of thioether (sulfide) groups is 1. The van der Waals surface area contributed by atoms with Crippen molar-refractivity contribution in [1.82, 2.24) is 15.3 Å². The first-order chi connectivity index (χ1) is 9.31. The monoisotopic (exact) mass is 273 g/mol. The van der Waals surface area contributed by atoms with Crippen molar-refractivity contribution in [3.8, 4) is 0 Å². The van der Waals surface area contributed by atoms with E-state index in [1.54, 1.807) is 12.4 Å². The summed E-state index contributed by atoms with van der Waals surface area (Å²) in [6.45, 7) is 5.18. The SMILES string of the molecule is CCNC(CSc1ccccc1C)c1cnccn1. The van der Waals surface area contributed by atoms with E-state index < -0.39 is 0 Å². The van der Waals surface area contributed by atoms with Crippen molar-refractivity contribution in [3.63, 3.8) is 0 Å². The van der Waals surface area contributed by atoms with Crippen LogP contribution in [0.25, 0.3) is 0 Å². The van der Waals surface area contributed by atoms with Gasteiger partial charge in [-0.3, -0.25) is 9.97 Å². The fourth-order valence-electron chi connectivity index (χ4n) is 1.88. The highest BCUT2D eigenvalue weighted by Gasteiger charge is 2.12. The maximum atomic E-state index is 4.39. The topological polar surface area (TPSA) is 37.8 Å². The lowest BCUT2D eigenvalue weighted by Crippen LogP contribution is -2.24. The van der Waals surface area contributed by atoms with E-state index in [0.717, 1.165) is 18.0 Å². The van der Waals surface area contributed by atoms with Gasteiger partial charge in [-0.1, -0.05) is 25.1 Å². The zero-order valence-corrected chi connectivity index (χ0v) is 12.2. The highest BCUT2D eigenvalue weighted by atomic mass is 32.2. The number of aromatic nitrogens is 2. The third-order valence-corrected chi connectivity index (χ3v) is 4.16. The number of nitrogens with one attached hydrogen (secondary N) is 1. The van der Waals surface area contributed by atoms with E-state index >= 15 is 0 Å². The Morgan fingerprint density at radius 2 is 2.11 bits per heavy atom. The van der Waals surface area contributed by atoms with Gasteiger partial charge in [0, 0.05) is 29.2 Å². The first-order valence-corrected chi connectivity index (χ1v) is 7.47. The lowest BCUT2D eigenvalue weighted by Gasteiger charge is -2.17. The first kappa shape index (κ1) is 14.0. The molecule has 0 aliphatic carbocycles. The Balaban J connectivity index is 2.04. The Bertz CT molecular complexity index is 502. The average Bonchev–Trinajstić information content (AvgIpc) is 2.46. The van der Waals surface area contributed by atoms with Gasteiger partial charge in [0.15, 0.2) is 0 Å². The molecule has 0 spiro atoms. The van der Waals surface area contributed by atoms with Crippen LogP contribution < -0.4 is 5.32 Å². The van der Waals surface area contributed by atoms with Gasteiger partial charge in [0.05, 0.1) is 11.7 Å². The Labute approximate surface area is 118 Å². The van der Waals surface area contributed by atoms with Gasteiger partial charge >= 0.3 is 0 Å². The maximum absolute atomic E-state index is 4.39.